The summed E-state index contributed by atoms with van der Waals surface area (Å²) in [6, 6.07) is 15.6. The Bertz CT molecular complexity index is 866. The Hall–Kier alpha value is -2.86. The average Bonchev–Trinajstić information content (AvgIpc) is 2.70. The van der Waals surface area contributed by atoms with Crippen molar-refractivity contribution >= 4 is 23.3 Å². The van der Waals surface area contributed by atoms with E-state index < -0.39 is 0 Å². The van der Waals surface area contributed by atoms with E-state index in [1.807, 2.05) is 62.1 Å². The maximum absolute atomic E-state index is 13.2. The molecule has 2 N–H and O–H groups in total. The Morgan fingerprint density at radius 1 is 1.03 bits per heavy atom. The largest absolute Gasteiger partial charge is 0.326 e. The molecule has 3 rings (SSSR count). The van der Waals surface area contributed by atoms with Gasteiger partial charge in [0.25, 0.3) is 0 Å². The molecule has 1 aliphatic rings. The van der Waals surface area contributed by atoms with Crippen molar-refractivity contribution in [3.63, 3.8) is 0 Å². The van der Waals surface area contributed by atoms with Gasteiger partial charge in [0, 0.05) is 36.9 Å². The summed E-state index contributed by atoms with van der Waals surface area (Å²) >= 11 is 0. The van der Waals surface area contributed by atoms with Crippen molar-refractivity contribution in [2.24, 2.45) is 5.92 Å². The van der Waals surface area contributed by atoms with E-state index in [1.165, 1.54) is 0 Å². The van der Waals surface area contributed by atoms with Crippen molar-refractivity contribution in [3.05, 3.63) is 59.7 Å². The Morgan fingerprint density at radius 3 is 2.45 bits per heavy atom. The second-order valence-electron chi connectivity index (χ2n) is 7.99. The maximum Gasteiger partial charge on any atom is 0.322 e. The number of piperazine rings is 1. The molecule has 1 atom stereocenters. The number of amides is 3. The zero-order valence-corrected chi connectivity index (χ0v) is 17.6. The molecule has 2 aromatic carbocycles. The molecule has 6 nitrogen and oxygen atoms in total. The Balaban J connectivity index is 1.78. The van der Waals surface area contributed by atoms with Gasteiger partial charge < -0.3 is 20.4 Å². The van der Waals surface area contributed by atoms with E-state index in [2.05, 4.69) is 34.7 Å². The van der Waals surface area contributed by atoms with Gasteiger partial charge in [0.1, 0.15) is 0 Å². The lowest BCUT2D eigenvalue weighted by Gasteiger charge is -2.40. The molecule has 1 aliphatic heterocycles. The highest BCUT2D eigenvalue weighted by molar-refractivity contribution is 5.95. The first-order valence-corrected chi connectivity index (χ1v) is 10.1. The molecule has 0 unspecified atom stereocenters. The average molecular weight is 395 g/mol. The standard InChI is InChI=1S/C23H30N4O2/c1-16(2)22(28)24-19-11-10-17(3)20(14-19)25-23(29)27-13-12-26(4)15-21(27)18-8-6-5-7-9-18/h5-11,14,16,21H,12-13,15H2,1-4H3,(H,24,28)(H,25,29)/t21-/m1/s1. The minimum absolute atomic E-state index is 0.000850. The Labute approximate surface area is 172 Å². The van der Waals surface area contributed by atoms with E-state index in [0.29, 0.717) is 17.9 Å². The number of nitrogens with one attached hydrogen (secondary N) is 2. The van der Waals surface area contributed by atoms with Crippen LogP contribution in [-0.2, 0) is 4.79 Å². The number of benzene rings is 2. The molecule has 0 saturated carbocycles. The number of aryl methyl sites for hydroxylation is 1. The fraction of sp³-hybridized carbons (Fsp3) is 0.391. The summed E-state index contributed by atoms with van der Waals surface area (Å²) in [5.41, 5.74) is 3.47. The summed E-state index contributed by atoms with van der Waals surface area (Å²) < 4.78 is 0. The molecule has 0 bridgehead atoms. The summed E-state index contributed by atoms with van der Waals surface area (Å²) in [6.07, 6.45) is 0. The number of anilines is 2. The topological polar surface area (TPSA) is 64.7 Å². The minimum Gasteiger partial charge on any atom is -0.326 e. The molecule has 3 amide bonds. The van der Waals surface area contributed by atoms with Crippen LogP contribution < -0.4 is 10.6 Å². The molecule has 0 aromatic heterocycles. The molecule has 1 saturated heterocycles. The monoisotopic (exact) mass is 394 g/mol. The lowest BCUT2D eigenvalue weighted by molar-refractivity contribution is -0.118. The lowest BCUT2D eigenvalue weighted by Crippen LogP contribution is -2.50. The summed E-state index contributed by atoms with van der Waals surface area (Å²) in [4.78, 5) is 29.3. The van der Waals surface area contributed by atoms with Crippen LogP contribution in [0.25, 0.3) is 0 Å². The fourth-order valence-corrected chi connectivity index (χ4v) is 3.43. The van der Waals surface area contributed by atoms with Gasteiger partial charge in [0.05, 0.1) is 6.04 Å². The van der Waals surface area contributed by atoms with Gasteiger partial charge in [-0.25, -0.2) is 4.79 Å². The zero-order chi connectivity index (χ0) is 21.0. The smallest absolute Gasteiger partial charge is 0.322 e. The van der Waals surface area contributed by atoms with Gasteiger partial charge in [-0.3, -0.25) is 4.79 Å². The number of hydrogen-bond acceptors (Lipinski definition) is 3. The van der Waals surface area contributed by atoms with Crippen LogP contribution >= 0.6 is 0 Å². The van der Waals surface area contributed by atoms with Crippen molar-refractivity contribution < 1.29 is 9.59 Å². The predicted octanol–water partition coefficient (Wildman–Crippen LogP) is 4.11. The summed E-state index contributed by atoms with van der Waals surface area (Å²) in [5, 5.41) is 5.95. The number of hydrogen-bond donors (Lipinski definition) is 2. The predicted molar refractivity (Wildman–Crippen MR) is 117 cm³/mol. The third-order valence-corrected chi connectivity index (χ3v) is 5.30. The SMILES string of the molecule is Cc1ccc(NC(=O)C(C)C)cc1NC(=O)N1CCN(C)C[C@@H]1c1ccccc1. The molecular weight excluding hydrogens is 364 g/mol. The van der Waals surface area contributed by atoms with Gasteiger partial charge in [-0.2, -0.15) is 0 Å². The Morgan fingerprint density at radius 2 is 1.76 bits per heavy atom. The van der Waals surface area contributed by atoms with E-state index in [-0.39, 0.29) is 23.9 Å². The highest BCUT2D eigenvalue weighted by atomic mass is 16.2. The van der Waals surface area contributed by atoms with Gasteiger partial charge in [-0.15, -0.1) is 0 Å². The number of carbonyl (C=O) groups is 2. The molecule has 0 spiro atoms. The number of likely N-dealkylation sites (N-methyl/N-ethyl adjacent to an activating group) is 1. The van der Waals surface area contributed by atoms with Gasteiger partial charge in [-0.1, -0.05) is 50.2 Å². The molecule has 154 valence electrons. The first kappa shape index (κ1) is 20.9. The highest BCUT2D eigenvalue weighted by Crippen LogP contribution is 2.27. The third kappa shape index (κ3) is 5.15. The number of urea groups is 1. The van der Waals surface area contributed by atoms with E-state index in [9.17, 15) is 9.59 Å². The van der Waals surface area contributed by atoms with Gasteiger partial charge in [0.15, 0.2) is 0 Å². The van der Waals surface area contributed by atoms with Gasteiger partial charge in [-0.05, 0) is 37.2 Å². The molecule has 0 radical (unpaired) electrons. The van der Waals surface area contributed by atoms with Crippen LogP contribution in [0.5, 0.6) is 0 Å². The minimum atomic E-state index is -0.123. The van der Waals surface area contributed by atoms with Gasteiger partial charge >= 0.3 is 6.03 Å². The van der Waals surface area contributed by atoms with E-state index >= 15 is 0 Å². The summed E-state index contributed by atoms with van der Waals surface area (Å²) in [6.45, 7) is 7.93. The fourth-order valence-electron chi connectivity index (χ4n) is 3.43. The molecule has 0 aliphatic carbocycles. The van der Waals surface area contributed by atoms with Gasteiger partial charge in [0.2, 0.25) is 5.91 Å². The van der Waals surface area contributed by atoms with Crippen LogP contribution in [0.2, 0.25) is 0 Å². The van der Waals surface area contributed by atoms with Crippen LogP contribution in [0.4, 0.5) is 16.2 Å². The quantitative estimate of drug-likeness (QED) is 0.820. The zero-order valence-electron chi connectivity index (χ0n) is 17.6. The number of carbonyl (C=O) groups excluding carboxylic acids is 2. The van der Waals surface area contributed by atoms with Crippen LogP contribution in [0.3, 0.4) is 0 Å². The van der Waals surface area contributed by atoms with Crippen LogP contribution in [0.1, 0.15) is 31.0 Å². The van der Waals surface area contributed by atoms with Crippen molar-refractivity contribution in [2.75, 3.05) is 37.3 Å². The second kappa shape index (κ2) is 9.09. The van der Waals surface area contributed by atoms with E-state index in [4.69, 9.17) is 0 Å². The van der Waals surface area contributed by atoms with Crippen molar-refractivity contribution in [1.82, 2.24) is 9.80 Å². The third-order valence-electron chi connectivity index (χ3n) is 5.30. The normalized spacial score (nSPS) is 17.3. The molecular formula is C23H30N4O2. The first-order chi connectivity index (χ1) is 13.8. The molecule has 2 aromatic rings. The first-order valence-electron chi connectivity index (χ1n) is 10.1. The maximum atomic E-state index is 13.2. The number of nitrogens with zero attached hydrogens (tertiary/aromatic N) is 2. The summed E-state index contributed by atoms with van der Waals surface area (Å²) in [5.74, 6) is -0.152. The Kier molecular flexibility index (Phi) is 6.54. The summed E-state index contributed by atoms with van der Waals surface area (Å²) in [7, 11) is 2.08. The van der Waals surface area contributed by atoms with E-state index in [0.717, 1.165) is 24.2 Å². The van der Waals surface area contributed by atoms with E-state index in [1.54, 1.807) is 0 Å². The van der Waals surface area contributed by atoms with Crippen molar-refractivity contribution in [2.45, 2.75) is 26.8 Å². The van der Waals surface area contributed by atoms with Crippen molar-refractivity contribution in [1.29, 1.82) is 0 Å². The van der Waals surface area contributed by atoms with Crippen LogP contribution in [-0.4, -0.2) is 48.4 Å². The molecule has 1 heterocycles. The second-order valence-corrected chi connectivity index (χ2v) is 7.99. The molecule has 1 fully saturated rings. The number of rotatable bonds is 4. The highest BCUT2D eigenvalue weighted by Gasteiger charge is 2.30. The van der Waals surface area contributed by atoms with Crippen LogP contribution in [0.15, 0.2) is 48.5 Å². The molecule has 29 heavy (non-hydrogen) atoms. The lowest BCUT2D eigenvalue weighted by atomic mass is 10.0. The van der Waals surface area contributed by atoms with Crippen LogP contribution in [0, 0.1) is 12.8 Å². The van der Waals surface area contributed by atoms with Crippen molar-refractivity contribution in [3.8, 4) is 0 Å². The molecule has 6 heteroatoms.